The number of benzene rings is 1. The van der Waals surface area contributed by atoms with Gasteiger partial charge in [-0.2, -0.15) is 0 Å². The monoisotopic (exact) mass is 313 g/mol. The number of Topliss-reactive ketones (excluding diaryl/α,β-unsaturated/α-hetero) is 1. The Kier molecular flexibility index (Phi) is 3.52. The molecule has 4 rings (SSSR count). The lowest BCUT2D eigenvalue weighted by molar-refractivity contribution is -0.158. The average molecular weight is 313 g/mol. The van der Waals surface area contributed by atoms with E-state index in [0.29, 0.717) is 12.8 Å². The van der Waals surface area contributed by atoms with E-state index in [-0.39, 0.29) is 17.7 Å². The molecule has 0 bridgehead atoms. The van der Waals surface area contributed by atoms with E-state index >= 15 is 0 Å². The number of carbonyl (C=O) groups excluding carboxylic acids is 2. The average Bonchev–Trinajstić information content (AvgIpc) is 3.01. The van der Waals surface area contributed by atoms with Crippen LogP contribution >= 0.6 is 0 Å². The second kappa shape index (κ2) is 5.45. The molecule has 1 aromatic carbocycles. The number of hydrogen-bond acceptors (Lipinski definition) is 4. The van der Waals surface area contributed by atoms with Gasteiger partial charge in [-0.25, -0.2) is 0 Å². The Balaban J connectivity index is 1.53. The van der Waals surface area contributed by atoms with Crippen LogP contribution in [0.4, 0.5) is 0 Å². The fraction of sp³-hybridized carbons (Fsp3) is 0.579. The van der Waals surface area contributed by atoms with Crippen LogP contribution in [0.2, 0.25) is 0 Å². The van der Waals surface area contributed by atoms with Gasteiger partial charge in [-0.3, -0.25) is 9.59 Å². The molecule has 2 atom stereocenters. The minimum atomic E-state index is -0.999. The summed E-state index contributed by atoms with van der Waals surface area (Å²) in [6.07, 6.45) is 3.27. The second-order valence-corrected chi connectivity index (χ2v) is 7.39. The molecule has 1 aliphatic carbocycles. The summed E-state index contributed by atoms with van der Waals surface area (Å²) in [7, 11) is 0. The van der Waals surface area contributed by atoms with Crippen molar-refractivity contribution < 1.29 is 14.3 Å². The van der Waals surface area contributed by atoms with Crippen molar-refractivity contribution in [3.8, 4) is 0 Å². The maximum atomic E-state index is 12.6. The number of ether oxygens (including phenoxy) is 1. The Morgan fingerprint density at radius 2 is 1.96 bits per heavy atom. The van der Waals surface area contributed by atoms with Crippen LogP contribution in [0.25, 0.3) is 0 Å². The molecular weight excluding hydrogens is 290 g/mol. The predicted octanol–water partition coefficient (Wildman–Crippen LogP) is 2.30. The Labute approximate surface area is 136 Å². The van der Waals surface area contributed by atoms with E-state index in [1.165, 1.54) is 12.8 Å². The van der Waals surface area contributed by atoms with Gasteiger partial charge in [0.2, 0.25) is 0 Å². The Hall–Kier alpha value is -1.68. The van der Waals surface area contributed by atoms with Crippen molar-refractivity contribution in [2.45, 2.75) is 38.2 Å². The minimum absolute atomic E-state index is 0.0433. The lowest BCUT2D eigenvalue weighted by Crippen LogP contribution is -2.38. The highest BCUT2D eigenvalue weighted by Gasteiger charge is 2.56. The van der Waals surface area contributed by atoms with E-state index in [1.807, 2.05) is 24.3 Å². The lowest BCUT2D eigenvalue weighted by Gasteiger charge is -2.31. The summed E-state index contributed by atoms with van der Waals surface area (Å²) in [6.45, 7) is 5.10. The lowest BCUT2D eigenvalue weighted by atomic mass is 9.87. The first-order valence-corrected chi connectivity index (χ1v) is 8.65. The summed E-state index contributed by atoms with van der Waals surface area (Å²) < 4.78 is 5.71. The summed E-state index contributed by atoms with van der Waals surface area (Å²) in [5.74, 6) is 0.436. The molecule has 0 amide bonds. The molecule has 2 saturated heterocycles. The van der Waals surface area contributed by atoms with Gasteiger partial charge in [0.25, 0.3) is 0 Å². The van der Waals surface area contributed by atoms with Crippen LogP contribution < -0.4 is 0 Å². The smallest absolute Gasteiger partial charge is 0.311 e. The summed E-state index contributed by atoms with van der Waals surface area (Å²) >= 11 is 0. The number of esters is 1. The van der Waals surface area contributed by atoms with Gasteiger partial charge in [-0.1, -0.05) is 31.2 Å². The fourth-order valence-corrected chi connectivity index (χ4v) is 4.29. The summed E-state index contributed by atoms with van der Waals surface area (Å²) in [4.78, 5) is 27.4. The highest BCUT2D eigenvalue weighted by Crippen LogP contribution is 2.47. The van der Waals surface area contributed by atoms with E-state index in [9.17, 15) is 9.59 Å². The number of nitrogens with zero attached hydrogens (tertiary/aromatic N) is 1. The molecule has 2 heterocycles. The first-order chi connectivity index (χ1) is 11.1. The molecule has 1 aromatic rings. The number of hydrogen-bond donors (Lipinski definition) is 0. The number of piperidine rings is 1. The van der Waals surface area contributed by atoms with Crippen molar-refractivity contribution in [3.05, 3.63) is 35.4 Å². The highest BCUT2D eigenvalue weighted by atomic mass is 16.6. The van der Waals surface area contributed by atoms with Gasteiger partial charge in [0.05, 0.1) is 5.92 Å². The van der Waals surface area contributed by atoms with Crippen molar-refractivity contribution in [2.24, 2.45) is 11.8 Å². The zero-order valence-electron chi connectivity index (χ0n) is 13.6. The highest BCUT2D eigenvalue weighted by molar-refractivity contribution is 5.99. The Morgan fingerprint density at radius 3 is 2.74 bits per heavy atom. The van der Waals surface area contributed by atoms with Crippen molar-refractivity contribution in [2.75, 3.05) is 19.6 Å². The van der Waals surface area contributed by atoms with Crippen LogP contribution in [0.3, 0.4) is 0 Å². The van der Waals surface area contributed by atoms with Crippen molar-refractivity contribution in [3.63, 3.8) is 0 Å². The van der Waals surface area contributed by atoms with Gasteiger partial charge in [0.15, 0.2) is 11.4 Å². The topological polar surface area (TPSA) is 46.6 Å². The van der Waals surface area contributed by atoms with Crippen molar-refractivity contribution >= 4 is 11.8 Å². The minimum Gasteiger partial charge on any atom is -0.446 e. The molecule has 0 aromatic heterocycles. The van der Waals surface area contributed by atoms with Crippen LogP contribution in [0, 0.1) is 11.8 Å². The molecule has 4 nitrogen and oxygen atoms in total. The third kappa shape index (κ3) is 2.40. The molecule has 2 unspecified atom stereocenters. The van der Waals surface area contributed by atoms with Gasteiger partial charge < -0.3 is 9.64 Å². The number of carbonyl (C=O) groups is 2. The van der Waals surface area contributed by atoms with Crippen LogP contribution in [-0.4, -0.2) is 36.3 Å². The van der Waals surface area contributed by atoms with Crippen molar-refractivity contribution in [1.82, 2.24) is 4.90 Å². The predicted molar refractivity (Wildman–Crippen MR) is 85.9 cm³/mol. The summed E-state index contributed by atoms with van der Waals surface area (Å²) in [5.41, 5.74) is 0.924. The largest absolute Gasteiger partial charge is 0.446 e. The number of fused-ring (bicyclic) bond motifs is 2. The van der Waals surface area contributed by atoms with Gasteiger partial charge in [0.1, 0.15) is 0 Å². The van der Waals surface area contributed by atoms with Crippen LogP contribution in [0.5, 0.6) is 0 Å². The van der Waals surface area contributed by atoms with E-state index < -0.39 is 5.60 Å². The summed E-state index contributed by atoms with van der Waals surface area (Å²) in [5, 5.41) is 0. The van der Waals surface area contributed by atoms with E-state index in [4.69, 9.17) is 4.74 Å². The molecule has 0 saturated carbocycles. The number of ketones is 1. The Morgan fingerprint density at radius 1 is 1.22 bits per heavy atom. The SMILES string of the molecule is CC1CCN(CC2CC3(OC2=O)C(=O)Cc2ccccc23)CC1. The quantitative estimate of drug-likeness (QED) is 0.786. The van der Waals surface area contributed by atoms with Gasteiger partial charge in [0, 0.05) is 24.9 Å². The molecule has 23 heavy (non-hydrogen) atoms. The first kappa shape index (κ1) is 14.9. The summed E-state index contributed by atoms with van der Waals surface area (Å²) in [6, 6.07) is 7.77. The van der Waals surface area contributed by atoms with Gasteiger partial charge in [-0.15, -0.1) is 0 Å². The van der Waals surface area contributed by atoms with Crippen LogP contribution in [0.15, 0.2) is 24.3 Å². The third-order valence-corrected chi connectivity index (χ3v) is 5.75. The van der Waals surface area contributed by atoms with Crippen LogP contribution in [-0.2, 0) is 26.3 Å². The standard InChI is InChI=1S/C19H23NO3/c1-13-6-8-20(9-7-13)12-15-11-19(23-18(15)22)16-5-3-2-4-14(16)10-17(19)21/h2-5,13,15H,6-12H2,1H3. The normalized spacial score (nSPS) is 31.6. The maximum absolute atomic E-state index is 12.6. The number of likely N-dealkylation sites (tertiary alicyclic amines) is 1. The molecule has 3 aliphatic rings. The molecule has 1 spiro atoms. The van der Waals surface area contributed by atoms with Gasteiger partial charge in [-0.05, 0) is 37.4 Å². The molecule has 0 radical (unpaired) electrons. The molecule has 122 valence electrons. The number of rotatable bonds is 2. The first-order valence-electron chi connectivity index (χ1n) is 8.65. The van der Waals surface area contributed by atoms with E-state index in [0.717, 1.165) is 36.7 Å². The van der Waals surface area contributed by atoms with Gasteiger partial charge >= 0.3 is 5.97 Å². The molecule has 2 aliphatic heterocycles. The van der Waals surface area contributed by atoms with E-state index in [2.05, 4.69) is 11.8 Å². The molecule has 0 N–H and O–H groups in total. The Bertz CT molecular complexity index is 648. The zero-order valence-corrected chi connectivity index (χ0v) is 13.6. The third-order valence-electron chi connectivity index (χ3n) is 5.75. The maximum Gasteiger partial charge on any atom is 0.311 e. The van der Waals surface area contributed by atoms with Crippen molar-refractivity contribution in [1.29, 1.82) is 0 Å². The molecular formula is C19H23NO3. The fourth-order valence-electron chi connectivity index (χ4n) is 4.29. The van der Waals surface area contributed by atoms with E-state index in [1.54, 1.807) is 0 Å². The zero-order chi connectivity index (χ0) is 16.0. The molecule has 4 heteroatoms. The second-order valence-electron chi connectivity index (χ2n) is 7.39. The molecule has 2 fully saturated rings. The van der Waals surface area contributed by atoms with Crippen LogP contribution in [0.1, 0.15) is 37.3 Å².